The number of carbonyl (C=O) groups excluding carboxylic acids is 1. The summed E-state index contributed by atoms with van der Waals surface area (Å²) in [6.07, 6.45) is 10.5. The summed E-state index contributed by atoms with van der Waals surface area (Å²) in [5.74, 6) is 1.63. The summed E-state index contributed by atoms with van der Waals surface area (Å²) in [6, 6.07) is -0.446. The maximum Gasteiger partial charge on any atom is 0.239 e. The normalized spacial score (nSPS) is 25.4. The molecule has 0 bridgehead atoms. The Morgan fingerprint density at radius 2 is 2.09 bits per heavy atom. The predicted molar refractivity (Wildman–Crippen MR) is 93.7 cm³/mol. The zero-order valence-electron chi connectivity index (χ0n) is 13.4. The van der Waals surface area contributed by atoms with Crippen LogP contribution in [-0.4, -0.2) is 39.5 Å². The lowest BCUT2D eigenvalue weighted by Gasteiger charge is -2.42. The molecule has 1 aliphatic carbocycles. The second-order valence-corrected chi connectivity index (χ2v) is 7.00. The molecule has 2 fully saturated rings. The molecule has 2 N–H and O–H groups in total. The number of halogens is 2. The van der Waals surface area contributed by atoms with Crippen LogP contribution in [0.3, 0.4) is 0 Å². The highest BCUT2D eigenvalue weighted by molar-refractivity contribution is 6.28. The average molecular weight is 361 g/mol. The molecular weight excluding hydrogens is 335 g/mol. The van der Waals surface area contributed by atoms with Crippen LogP contribution in [0.25, 0.3) is 0 Å². The van der Waals surface area contributed by atoms with Crippen LogP contribution in [0.2, 0.25) is 5.28 Å². The molecule has 0 aromatic carbocycles. The van der Waals surface area contributed by atoms with Crippen molar-refractivity contribution in [1.82, 2.24) is 14.5 Å². The van der Waals surface area contributed by atoms with Gasteiger partial charge in [0.05, 0.1) is 6.04 Å². The van der Waals surface area contributed by atoms with E-state index < -0.39 is 6.04 Å². The molecule has 1 saturated heterocycles. The molecule has 1 unspecified atom stereocenters. The summed E-state index contributed by atoms with van der Waals surface area (Å²) < 4.78 is 1.82. The molecule has 1 aliphatic heterocycles. The molecule has 7 heteroatoms. The van der Waals surface area contributed by atoms with E-state index in [0.717, 1.165) is 25.4 Å². The number of piperidine rings is 1. The zero-order valence-corrected chi connectivity index (χ0v) is 14.9. The molecule has 2 aliphatic rings. The molecule has 3 rings (SSSR count). The summed E-state index contributed by atoms with van der Waals surface area (Å²) in [4.78, 5) is 18.5. The highest BCUT2D eigenvalue weighted by Gasteiger charge is 2.34. The van der Waals surface area contributed by atoms with Crippen LogP contribution in [0.5, 0.6) is 0 Å². The van der Waals surface area contributed by atoms with E-state index in [1.165, 1.54) is 25.7 Å². The standard InChI is InChI=1S/C16H25ClN4O.ClH/c17-16-19-7-10-20(16)9-6-14(18)15(22)21-8-5-12-3-1-2-4-13(12)11-21;/h7,10,12-14H,1-6,8-9,11,18H2;1H/t12-,13-,14?;/m1./s1. The number of aromatic nitrogens is 2. The van der Waals surface area contributed by atoms with Crippen molar-refractivity contribution in [3.63, 3.8) is 0 Å². The van der Waals surface area contributed by atoms with Gasteiger partial charge in [-0.05, 0) is 42.7 Å². The topological polar surface area (TPSA) is 64.2 Å². The Morgan fingerprint density at radius 1 is 1.35 bits per heavy atom. The minimum absolute atomic E-state index is 0. The Kier molecular flexibility index (Phi) is 6.74. The highest BCUT2D eigenvalue weighted by atomic mass is 35.5. The summed E-state index contributed by atoms with van der Waals surface area (Å²) in [5, 5.41) is 0.447. The van der Waals surface area contributed by atoms with Gasteiger partial charge in [0.2, 0.25) is 11.2 Å². The van der Waals surface area contributed by atoms with Crippen LogP contribution in [0, 0.1) is 11.8 Å². The van der Waals surface area contributed by atoms with Crippen LogP contribution in [-0.2, 0) is 11.3 Å². The molecule has 1 aromatic rings. The van der Waals surface area contributed by atoms with Crippen molar-refractivity contribution in [2.45, 2.75) is 51.1 Å². The number of carbonyl (C=O) groups is 1. The number of imidazole rings is 1. The van der Waals surface area contributed by atoms with Crippen LogP contribution in [0.1, 0.15) is 38.5 Å². The van der Waals surface area contributed by atoms with Gasteiger partial charge in [-0.2, -0.15) is 0 Å². The zero-order chi connectivity index (χ0) is 15.5. The van der Waals surface area contributed by atoms with Gasteiger partial charge in [0.1, 0.15) is 0 Å². The van der Waals surface area contributed by atoms with E-state index in [0.29, 0.717) is 24.2 Å². The number of amides is 1. The van der Waals surface area contributed by atoms with Gasteiger partial charge in [-0.1, -0.05) is 19.3 Å². The van der Waals surface area contributed by atoms with E-state index in [1.54, 1.807) is 6.20 Å². The monoisotopic (exact) mass is 360 g/mol. The Balaban J connectivity index is 0.00000192. The maximum absolute atomic E-state index is 12.6. The van der Waals surface area contributed by atoms with Gasteiger partial charge >= 0.3 is 0 Å². The Labute approximate surface area is 149 Å². The van der Waals surface area contributed by atoms with Gasteiger partial charge in [0, 0.05) is 32.0 Å². The lowest BCUT2D eigenvalue weighted by atomic mass is 9.75. The molecule has 1 amide bonds. The third kappa shape index (κ3) is 4.40. The molecule has 2 heterocycles. The maximum atomic E-state index is 12.6. The van der Waals surface area contributed by atoms with Gasteiger partial charge in [0.15, 0.2) is 0 Å². The first kappa shape index (κ1) is 18.6. The summed E-state index contributed by atoms with van der Waals surface area (Å²) in [6.45, 7) is 2.41. The number of hydrogen-bond acceptors (Lipinski definition) is 3. The quantitative estimate of drug-likeness (QED) is 0.897. The molecule has 130 valence electrons. The van der Waals surface area contributed by atoms with Gasteiger partial charge in [0.25, 0.3) is 0 Å². The van der Waals surface area contributed by atoms with E-state index in [2.05, 4.69) is 4.98 Å². The van der Waals surface area contributed by atoms with E-state index >= 15 is 0 Å². The van der Waals surface area contributed by atoms with E-state index in [1.807, 2.05) is 15.7 Å². The largest absolute Gasteiger partial charge is 0.341 e. The fourth-order valence-electron chi connectivity index (χ4n) is 3.91. The van der Waals surface area contributed by atoms with Crippen molar-refractivity contribution >= 4 is 29.9 Å². The molecule has 1 aromatic heterocycles. The first-order valence-corrected chi connectivity index (χ1v) is 8.74. The fourth-order valence-corrected chi connectivity index (χ4v) is 4.11. The van der Waals surface area contributed by atoms with Crippen LogP contribution in [0.15, 0.2) is 12.4 Å². The van der Waals surface area contributed by atoms with Crippen molar-refractivity contribution in [2.75, 3.05) is 13.1 Å². The number of rotatable bonds is 4. The first-order chi connectivity index (χ1) is 10.6. The lowest BCUT2D eigenvalue weighted by Crippen LogP contribution is -2.50. The fraction of sp³-hybridized carbons (Fsp3) is 0.750. The molecular formula is C16H26Cl2N4O. The van der Waals surface area contributed by atoms with Crippen molar-refractivity contribution in [2.24, 2.45) is 17.6 Å². The van der Waals surface area contributed by atoms with Crippen molar-refractivity contribution in [1.29, 1.82) is 0 Å². The van der Waals surface area contributed by atoms with Gasteiger partial charge in [-0.3, -0.25) is 4.79 Å². The molecule has 0 spiro atoms. The minimum Gasteiger partial charge on any atom is -0.341 e. The molecule has 0 radical (unpaired) electrons. The average Bonchev–Trinajstić information content (AvgIpc) is 2.96. The number of aryl methyl sites for hydroxylation is 1. The first-order valence-electron chi connectivity index (χ1n) is 8.36. The molecule has 5 nitrogen and oxygen atoms in total. The third-order valence-electron chi connectivity index (χ3n) is 5.27. The minimum atomic E-state index is -0.446. The van der Waals surface area contributed by atoms with E-state index in [4.69, 9.17) is 17.3 Å². The molecule has 23 heavy (non-hydrogen) atoms. The molecule has 3 atom stereocenters. The second-order valence-electron chi connectivity index (χ2n) is 6.66. The number of nitrogens with zero attached hydrogens (tertiary/aromatic N) is 3. The summed E-state index contributed by atoms with van der Waals surface area (Å²) in [5.41, 5.74) is 6.11. The van der Waals surface area contributed by atoms with Crippen LogP contribution in [0.4, 0.5) is 0 Å². The Bertz CT molecular complexity index is 522. The Morgan fingerprint density at radius 3 is 2.78 bits per heavy atom. The lowest BCUT2D eigenvalue weighted by molar-refractivity contribution is -0.135. The van der Waals surface area contributed by atoms with Crippen molar-refractivity contribution in [3.05, 3.63) is 17.7 Å². The number of nitrogens with two attached hydrogens (primary N) is 1. The highest BCUT2D eigenvalue weighted by Crippen LogP contribution is 2.36. The molecule has 1 saturated carbocycles. The number of likely N-dealkylation sites (tertiary alicyclic amines) is 1. The third-order valence-corrected chi connectivity index (χ3v) is 5.58. The van der Waals surface area contributed by atoms with Crippen molar-refractivity contribution in [3.8, 4) is 0 Å². The van der Waals surface area contributed by atoms with Crippen LogP contribution >= 0.6 is 24.0 Å². The van der Waals surface area contributed by atoms with Crippen LogP contribution < -0.4 is 5.73 Å². The van der Waals surface area contributed by atoms with Gasteiger partial charge < -0.3 is 15.2 Å². The van der Waals surface area contributed by atoms with Gasteiger partial charge in [-0.25, -0.2) is 4.98 Å². The smallest absolute Gasteiger partial charge is 0.239 e. The summed E-state index contributed by atoms with van der Waals surface area (Å²) >= 11 is 5.94. The number of fused-ring (bicyclic) bond motifs is 1. The van der Waals surface area contributed by atoms with Gasteiger partial charge in [-0.15, -0.1) is 12.4 Å². The number of hydrogen-bond donors (Lipinski definition) is 1. The SMILES string of the molecule is Cl.NC(CCn1ccnc1Cl)C(=O)N1CC[C@H]2CCCC[C@@H]2C1. The van der Waals surface area contributed by atoms with E-state index in [9.17, 15) is 4.79 Å². The Hall–Kier alpha value is -0.780. The van der Waals surface area contributed by atoms with Crippen molar-refractivity contribution < 1.29 is 4.79 Å². The summed E-state index contributed by atoms with van der Waals surface area (Å²) in [7, 11) is 0. The second kappa shape index (κ2) is 8.36. The van der Waals surface area contributed by atoms with E-state index in [-0.39, 0.29) is 18.3 Å². The predicted octanol–water partition coefficient (Wildman–Crippen LogP) is 2.71.